The molecule has 1 amide bonds. The Morgan fingerprint density at radius 3 is 2.59 bits per heavy atom. The van der Waals surface area contributed by atoms with Gasteiger partial charge in [-0.25, -0.2) is 9.78 Å². The number of anilines is 1. The van der Waals surface area contributed by atoms with Crippen molar-refractivity contribution < 1.29 is 33.4 Å². The van der Waals surface area contributed by atoms with E-state index in [4.69, 9.17) is 13.9 Å². The van der Waals surface area contributed by atoms with Gasteiger partial charge in [0.2, 0.25) is 0 Å². The molecule has 0 aliphatic carbocycles. The van der Waals surface area contributed by atoms with E-state index in [-0.39, 0.29) is 27.1 Å². The molecule has 0 bridgehead atoms. The highest BCUT2D eigenvalue weighted by Crippen LogP contribution is 2.44. The molecule has 1 aliphatic rings. The quantitative estimate of drug-likeness (QED) is 0.230. The molecule has 1 aliphatic heterocycles. The lowest BCUT2D eigenvalue weighted by Crippen LogP contribution is -2.29. The molecule has 1 saturated heterocycles. The van der Waals surface area contributed by atoms with Crippen molar-refractivity contribution in [3.63, 3.8) is 0 Å². The number of amides is 1. The third kappa shape index (κ3) is 4.08. The van der Waals surface area contributed by atoms with E-state index in [1.807, 2.05) is 6.92 Å². The number of Topliss-reactive ketones (excluding diaryl/α,β-unsaturated/α-hetero) is 1. The van der Waals surface area contributed by atoms with E-state index in [0.717, 1.165) is 22.7 Å². The molecule has 1 atom stereocenters. The number of furan rings is 1. The number of aliphatic hydroxyl groups excluding tert-OH is 1. The lowest BCUT2D eigenvalue weighted by molar-refractivity contribution is -0.132. The summed E-state index contributed by atoms with van der Waals surface area (Å²) in [5.41, 5.74) is 0.549. The number of carbonyl (C=O) groups excluding carboxylic acids is 3. The molecule has 9 nitrogen and oxygen atoms in total. The number of aliphatic hydroxyl groups is 1. The summed E-state index contributed by atoms with van der Waals surface area (Å²) in [6.07, 6.45) is 2.25. The zero-order chi connectivity index (χ0) is 24.4. The average Bonchev–Trinajstić information content (AvgIpc) is 3.56. The number of benzene rings is 1. The van der Waals surface area contributed by atoms with Crippen LogP contribution < -0.4 is 9.64 Å². The van der Waals surface area contributed by atoms with Crippen LogP contribution in [0, 0.1) is 6.92 Å². The highest BCUT2D eigenvalue weighted by atomic mass is 32.1. The number of aromatic nitrogens is 1. The van der Waals surface area contributed by atoms with Crippen LogP contribution in [0.3, 0.4) is 0 Å². The molecule has 2 aromatic heterocycles. The third-order valence-electron chi connectivity index (χ3n) is 5.22. The second-order valence-corrected chi connectivity index (χ2v) is 8.44. The Morgan fingerprint density at radius 1 is 1.24 bits per heavy atom. The van der Waals surface area contributed by atoms with Gasteiger partial charge >= 0.3 is 11.9 Å². The lowest BCUT2D eigenvalue weighted by atomic mass is 9.99. The number of methoxy groups -OCH3 is 1. The van der Waals surface area contributed by atoms with Crippen LogP contribution in [0.1, 0.15) is 46.1 Å². The molecule has 3 heterocycles. The molecule has 3 aromatic rings. The number of hydrogen-bond donors (Lipinski definition) is 1. The fourth-order valence-electron chi connectivity index (χ4n) is 3.60. The topological polar surface area (TPSA) is 119 Å². The number of ketones is 1. The van der Waals surface area contributed by atoms with Gasteiger partial charge in [-0.3, -0.25) is 14.5 Å². The van der Waals surface area contributed by atoms with Gasteiger partial charge in [0.15, 0.2) is 5.13 Å². The Bertz CT molecular complexity index is 1260. The SMILES string of the molecule is CCCOc1ccc(/C(O)=C2\C(=O)C(=O)N(c3nc(C)c(C(=O)OC)s3)C2c2ccco2)cc1. The van der Waals surface area contributed by atoms with Crippen molar-refractivity contribution in [3.8, 4) is 5.75 Å². The number of nitrogens with zero attached hydrogens (tertiary/aromatic N) is 2. The molecule has 1 fully saturated rings. The minimum atomic E-state index is -1.07. The van der Waals surface area contributed by atoms with E-state index >= 15 is 0 Å². The molecule has 176 valence electrons. The summed E-state index contributed by atoms with van der Waals surface area (Å²) in [7, 11) is 1.24. The summed E-state index contributed by atoms with van der Waals surface area (Å²) in [5.74, 6) is -1.86. The molecule has 1 unspecified atom stereocenters. The molecule has 10 heteroatoms. The maximum absolute atomic E-state index is 13.1. The minimum absolute atomic E-state index is 0.115. The third-order valence-corrected chi connectivity index (χ3v) is 6.36. The van der Waals surface area contributed by atoms with E-state index in [1.165, 1.54) is 13.4 Å². The molecular weight excluding hydrogens is 460 g/mol. The summed E-state index contributed by atoms with van der Waals surface area (Å²) in [6.45, 7) is 4.15. The van der Waals surface area contributed by atoms with Gasteiger partial charge in [-0.15, -0.1) is 0 Å². The predicted molar refractivity (Wildman–Crippen MR) is 124 cm³/mol. The molecule has 4 rings (SSSR count). The van der Waals surface area contributed by atoms with E-state index < -0.39 is 23.7 Å². The van der Waals surface area contributed by atoms with E-state index in [0.29, 0.717) is 23.6 Å². The Hall–Kier alpha value is -3.92. The first-order valence-corrected chi connectivity index (χ1v) is 11.3. The Balaban J connectivity index is 1.81. The molecule has 1 aromatic carbocycles. The monoisotopic (exact) mass is 482 g/mol. The standard InChI is InChI=1S/C24H22N2O7S/c1-4-11-32-15-9-7-14(8-10-15)19(27)17-18(16-6-5-12-33-16)26(22(29)20(17)28)24-25-13(2)21(34-24)23(30)31-3/h5-10,12,18,27H,4,11H2,1-3H3/b19-17+. The fourth-order valence-corrected chi connectivity index (χ4v) is 4.61. The fraction of sp³-hybridized carbons (Fsp3) is 0.250. The lowest BCUT2D eigenvalue weighted by Gasteiger charge is -2.20. The van der Waals surface area contributed by atoms with Crippen LogP contribution in [0.4, 0.5) is 5.13 Å². The van der Waals surface area contributed by atoms with Gasteiger partial charge in [0.1, 0.15) is 28.2 Å². The molecule has 0 spiro atoms. The first-order chi connectivity index (χ1) is 16.4. The van der Waals surface area contributed by atoms with Crippen molar-refractivity contribution in [2.24, 2.45) is 0 Å². The first-order valence-electron chi connectivity index (χ1n) is 10.5. The summed E-state index contributed by atoms with van der Waals surface area (Å²) in [5, 5.41) is 11.2. The van der Waals surface area contributed by atoms with Crippen LogP contribution in [-0.2, 0) is 14.3 Å². The van der Waals surface area contributed by atoms with Crippen LogP contribution >= 0.6 is 11.3 Å². The van der Waals surface area contributed by atoms with Gasteiger partial charge in [-0.2, -0.15) is 0 Å². The van der Waals surface area contributed by atoms with Crippen LogP contribution in [0.15, 0.2) is 52.7 Å². The van der Waals surface area contributed by atoms with Crippen LogP contribution in [0.2, 0.25) is 0 Å². The number of thiazole rings is 1. The van der Waals surface area contributed by atoms with Crippen LogP contribution in [-0.4, -0.2) is 41.5 Å². The van der Waals surface area contributed by atoms with Gasteiger partial charge in [0.05, 0.1) is 31.2 Å². The van der Waals surface area contributed by atoms with E-state index in [2.05, 4.69) is 4.98 Å². The Labute approximate surface area is 199 Å². The van der Waals surface area contributed by atoms with Crippen LogP contribution in [0.25, 0.3) is 5.76 Å². The Morgan fingerprint density at radius 2 is 1.97 bits per heavy atom. The van der Waals surface area contributed by atoms with Crippen molar-refractivity contribution in [3.05, 3.63) is 70.1 Å². The van der Waals surface area contributed by atoms with E-state index in [1.54, 1.807) is 43.3 Å². The normalized spacial score (nSPS) is 17.3. The molecule has 1 N–H and O–H groups in total. The smallest absolute Gasteiger partial charge is 0.350 e. The largest absolute Gasteiger partial charge is 0.507 e. The molecule has 34 heavy (non-hydrogen) atoms. The van der Waals surface area contributed by atoms with Gasteiger partial charge < -0.3 is 19.0 Å². The van der Waals surface area contributed by atoms with Gasteiger partial charge in [0.25, 0.3) is 5.78 Å². The first kappa shape index (κ1) is 23.2. The molecular formula is C24H22N2O7S. The maximum Gasteiger partial charge on any atom is 0.350 e. The summed E-state index contributed by atoms with van der Waals surface area (Å²) in [6, 6.07) is 8.71. The van der Waals surface area contributed by atoms with Crippen molar-refractivity contribution in [2.75, 3.05) is 18.6 Å². The van der Waals surface area contributed by atoms with Crippen molar-refractivity contribution in [1.29, 1.82) is 0 Å². The minimum Gasteiger partial charge on any atom is -0.507 e. The van der Waals surface area contributed by atoms with Gasteiger partial charge in [-0.1, -0.05) is 18.3 Å². The second-order valence-electron chi connectivity index (χ2n) is 7.46. The number of hydrogen-bond acceptors (Lipinski definition) is 9. The highest BCUT2D eigenvalue weighted by molar-refractivity contribution is 7.17. The van der Waals surface area contributed by atoms with E-state index in [9.17, 15) is 19.5 Å². The zero-order valence-corrected chi connectivity index (χ0v) is 19.5. The number of esters is 1. The predicted octanol–water partition coefficient (Wildman–Crippen LogP) is 4.25. The van der Waals surface area contributed by atoms with Crippen LogP contribution in [0.5, 0.6) is 5.75 Å². The zero-order valence-electron chi connectivity index (χ0n) is 18.7. The second kappa shape index (κ2) is 9.52. The van der Waals surface area contributed by atoms with Gasteiger partial charge in [0, 0.05) is 5.56 Å². The number of rotatable bonds is 7. The number of carbonyl (C=O) groups is 3. The Kier molecular flexibility index (Phi) is 6.51. The summed E-state index contributed by atoms with van der Waals surface area (Å²) >= 11 is 0.920. The van der Waals surface area contributed by atoms with Crippen molar-refractivity contribution in [1.82, 2.24) is 4.98 Å². The average molecular weight is 483 g/mol. The van der Waals surface area contributed by atoms with Gasteiger partial charge in [-0.05, 0) is 49.7 Å². The highest BCUT2D eigenvalue weighted by Gasteiger charge is 2.49. The number of ether oxygens (including phenoxy) is 2. The molecule has 0 radical (unpaired) electrons. The summed E-state index contributed by atoms with van der Waals surface area (Å²) in [4.78, 5) is 44.0. The van der Waals surface area contributed by atoms with Crippen molar-refractivity contribution >= 4 is 39.9 Å². The summed E-state index contributed by atoms with van der Waals surface area (Å²) < 4.78 is 15.9. The molecule has 0 saturated carbocycles. The van der Waals surface area contributed by atoms with Crippen molar-refractivity contribution in [2.45, 2.75) is 26.3 Å². The number of aryl methyl sites for hydroxylation is 1. The maximum atomic E-state index is 13.1.